The van der Waals surface area contributed by atoms with E-state index in [0.717, 1.165) is 10.4 Å². The second-order valence-corrected chi connectivity index (χ2v) is 7.33. The highest BCUT2D eigenvalue weighted by atomic mass is 35.5. The number of carbonyl (C=O) groups excluding carboxylic acids is 1. The lowest BCUT2D eigenvalue weighted by atomic mass is 10.2. The molecule has 27 heavy (non-hydrogen) atoms. The summed E-state index contributed by atoms with van der Waals surface area (Å²) in [5, 5.41) is 22.2. The zero-order chi connectivity index (χ0) is 19.6. The van der Waals surface area contributed by atoms with Gasteiger partial charge < -0.3 is 20.1 Å². The fourth-order valence-electron chi connectivity index (χ4n) is 2.51. The number of phenolic OH excluding ortho intramolecular Hbond substituents is 1. The van der Waals surface area contributed by atoms with E-state index in [2.05, 4.69) is 10.3 Å². The summed E-state index contributed by atoms with van der Waals surface area (Å²) in [6, 6.07) is 6.61. The molecular formula is C18H16ClN3O4S. The lowest BCUT2D eigenvalue weighted by molar-refractivity contribution is -0.116. The summed E-state index contributed by atoms with van der Waals surface area (Å²) in [4.78, 5) is 28.5. The van der Waals surface area contributed by atoms with Crippen LogP contribution in [0.3, 0.4) is 0 Å². The third-order valence-electron chi connectivity index (χ3n) is 3.80. The van der Waals surface area contributed by atoms with Crippen molar-refractivity contribution in [1.82, 2.24) is 9.55 Å². The van der Waals surface area contributed by atoms with Gasteiger partial charge in [-0.25, -0.2) is 9.78 Å². The first-order valence-electron chi connectivity index (χ1n) is 7.97. The summed E-state index contributed by atoms with van der Waals surface area (Å²) in [5.74, 6) is -1.24. The summed E-state index contributed by atoms with van der Waals surface area (Å²) >= 11 is 7.55. The summed E-state index contributed by atoms with van der Waals surface area (Å²) in [7, 11) is 1.68. The minimum absolute atomic E-state index is 0.0382. The van der Waals surface area contributed by atoms with Crippen molar-refractivity contribution < 1.29 is 19.8 Å². The van der Waals surface area contributed by atoms with Crippen LogP contribution < -0.4 is 5.32 Å². The molecule has 0 fully saturated rings. The maximum absolute atomic E-state index is 12.2. The Balaban J connectivity index is 1.66. The Morgan fingerprint density at radius 3 is 2.63 bits per heavy atom. The first kappa shape index (κ1) is 18.9. The molecule has 0 saturated heterocycles. The number of carboxylic acids is 1. The molecule has 140 valence electrons. The molecule has 3 N–H and O–H groups in total. The zero-order valence-corrected chi connectivity index (χ0v) is 15.8. The minimum Gasteiger partial charge on any atom is -0.508 e. The van der Waals surface area contributed by atoms with Crippen LogP contribution in [0.2, 0.25) is 5.15 Å². The fourth-order valence-corrected chi connectivity index (χ4v) is 3.81. The number of hydrogen-bond donors (Lipinski definition) is 3. The number of benzene rings is 1. The number of nitrogens with one attached hydrogen (secondary N) is 1. The minimum atomic E-state index is -1.10. The third-order valence-corrected chi connectivity index (χ3v) is 5.39. The summed E-state index contributed by atoms with van der Waals surface area (Å²) in [6.07, 6.45) is 3.51. The maximum Gasteiger partial charge on any atom is 0.339 e. The van der Waals surface area contributed by atoms with Crippen LogP contribution in [0.1, 0.15) is 21.7 Å². The number of nitrogens with zero attached hydrogens (tertiary/aromatic N) is 2. The van der Waals surface area contributed by atoms with Crippen molar-refractivity contribution in [3.05, 3.63) is 52.3 Å². The van der Waals surface area contributed by atoms with Gasteiger partial charge >= 0.3 is 5.97 Å². The van der Waals surface area contributed by atoms with Gasteiger partial charge in [-0.3, -0.25) is 4.79 Å². The van der Waals surface area contributed by atoms with Crippen LogP contribution in [0.4, 0.5) is 5.69 Å². The Kier molecular flexibility index (Phi) is 5.48. The highest BCUT2D eigenvalue weighted by Gasteiger charge is 2.16. The Bertz CT molecular complexity index is 995. The number of carbonyl (C=O) groups is 2. The largest absolute Gasteiger partial charge is 0.508 e. The van der Waals surface area contributed by atoms with Crippen molar-refractivity contribution in [1.29, 1.82) is 0 Å². The quantitative estimate of drug-likeness (QED) is 0.579. The summed E-state index contributed by atoms with van der Waals surface area (Å²) in [6.45, 7) is 0. The molecule has 0 aliphatic carbocycles. The van der Waals surface area contributed by atoms with E-state index in [9.17, 15) is 14.7 Å². The monoisotopic (exact) mass is 405 g/mol. The lowest BCUT2D eigenvalue weighted by Crippen LogP contribution is -2.13. The lowest BCUT2D eigenvalue weighted by Gasteiger charge is -2.03. The van der Waals surface area contributed by atoms with Crippen LogP contribution in [0.5, 0.6) is 5.75 Å². The van der Waals surface area contributed by atoms with Crippen LogP contribution in [0, 0.1) is 0 Å². The number of anilines is 1. The number of aromatic nitrogens is 2. The summed E-state index contributed by atoms with van der Waals surface area (Å²) in [5.41, 5.74) is 1.12. The molecule has 0 unspecified atom stereocenters. The number of aromatic hydroxyl groups is 1. The fraction of sp³-hybridized carbons (Fsp3) is 0.167. The van der Waals surface area contributed by atoms with E-state index in [1.54, 1.807) is 42.1 Å². The third kappa shape index (κ3) is 4.47. The topological polar surface area (TPSA) is 104 Å². The molecule has 0 spiro atoms. The predicted octanol–water partition coefficient (Wildman–Crippen LogP) is 3.78. The Labute approximate surface area is 163 Å². The van der Waals surface area contributed by atoms with E-state index in [4.69, 9.17) is 16.7 Å². The number of rotatable bonds is 6. The van der Waals surface area contributed by atoms with Gasteiger partial charge in [0.25, 0.3) is 0 Å². The van der Waals surface area contributed by atoms with Gasteiger partial charge in [0.05, 0.1) is 5.69 Å². The SMILES string of the molecule is Cn1cc(NC(=O)CCc2sc(-c3ccc(O)cc3)nc2Cl)c(C(=O)O)c1. The van der Waals surface area contributed by atoms with E-state index in [0.29, 0.717) is 16.6 Å². The molecule has 0 saturated carbocycles. The molecule has 0 radical (unpaired) electrons. The number of halogens is 1. The molecule has 1 amide bonds. The molecule has 0 atom stereocenters. The molecule has 0 aliphatic heterocycles. The Morgan fingerprint density at radius 2 is 1.96 bits per heavy atom. The normalized spacial score (nSPS) is 10.7. The van der Waals surface area contributed by atoms with Gasteiger partial charge in [-0.2, -0.15) is 0 Å². The molecule has 9 heteroatoms. The number of aryl methyl sites for hydroxylation is 2. The van der Waals surface area contributed by atoms with Crippen molar-refractivity contribution in [3.63, 3.8) is 0 Å². The number of aromatic carboxylic acids is 1. The van der Waals surface area contributed by atoms with Gasteiger partial charge in [-0.1, -0.05) is 11.6 Å². The van der Waals surface area contributed by atoms with Crippen molar-refractivity contribution >= 4 is 40.5 Å². The zero-order valence-electron chi connectivity index (χ0n) is 14.3. The average molecular weight is 406 g/mol. The number of carboxylic acid groups (broad SMARTS) is 1. The first-order chi connectivity index (χ1) is 12.8. The van der Waals surface area contributed by atoms with Gasteiger partial charge in [0, 0.05) is 36.3 Å². The standard InChI is InChI=1S/C18H16ClN3O4S/c1-22-8-12(18(25)26)13(9-22)20-15(24)7-6-14-16(19)21-17(27-14)10-2-4-11(23)5-3-10/h2-5,8-9,23H,6-7H2,1H3,(H,20,24)(H,25,26). The van der Waals surface area contributed by atoms with Crippen LogP contribution in [0.25, 0.3) is 10.6 Å². The predicted molar refractivity (Wildman–Crippen MR) is 104 cm³/mol. The molecule has 1 aromatic carbocycles. The molecule has 3 rings (SSSR count). The Hall–Kier alpha value is -2.84. The molecule has 3 aromatic rings. The second kappa shape index (κ2) is 7.81. The molecular weight excluding hydrogens is 390 g/mol. The van der Waals surface area contributed by atoms with Crippen LogP contribution in [-0.4, -0.2) is 31.6 Å². The number of hydrogen-bond acceptors (Lipinski definition) is 5. The molecule has 0 bridgehead atoms. The van der Waals surface area contributed by atoms with E-state index in [1.807, 2.05) is 0 Å². The van der Waals surface area contributed by atoms with Gasteiger partial charge in [-0.05, 0) is 30.7 Å². The van der Waals surface area contributed by atoms with Gasteiger partial charge in [0.2, 0.25) is 5.91 Å². The molecule has 7 nitrogen and oxygen atoms in total. The number of thiazole rings is 1. The van der Waals surface area contributed by atoms with Gasteiger partial charge in [-0.15, -0.1) is 11.3 Å². The van der Waals surface area contributed by atoms with Gasteiger partial charge in [0.1, 0.15) is 21.5 Å². The number of amides is 1. The first-order valence-corrected chi connectivity index (χ1v) is 9.16. The Morgan fingerprint density at radius 1 is 1.26 bits per heavy atom. The van der Waals surface area contributed by atoms with E-state index < -0.39 is 5.97 Å². The van der Waals surface area contributed by atoms with Crippen LogP contribution >= 0.6 is 22.9 Å². The van der Waals surface area contributed by atoms with E-state index in [-0.39, 0.29) is 29.3 Å². The van der Waals surface area contributed by atoms with E-state index in [1.165, 1.54) is 17.5 Å². The smallest absolute Gasteiger partial charge is 0.339 e. The van der Waals surface area contributed by atoms with Crippen molar-refractivity contribution in [2.75, 3.05) is 5.32 Å². The highest BCUT2D eigenvalue weighted by molar-refractivity contribution is 7.15. The van der Waals surface area contributed by atoms with Crippen LogP contribution in [0.15, 0.2) is 36.7 Å². The highest BCUT2D eigenvalue weighted by Crippen LogP contribution is 2.32. The molecule has 2 aromatic heterocycles. The molecule has 2 heterocycles. The van der Waals surface area contributed by atoms with E-state index >= 15 is 0 Å². The van der Waals surface area contributed by atoms with Crippen molar-refractivity contribution in [2.24, 2.45) is 7.05 Å². The average Bonchev–Trinajstić information content (AvgIpc) is 3.16. The van der Waals surface area contributed by atoms with Crippen molar-refractivity contribution in [3.8, 4) is 16.3 Å². The second-order valence-electron chi connectivity index (χ2n) is 5.88. The summed E-state index contributed by atoms with van der Waals surface area (Å²) < 4.78 is 1.57. The van der Waals surface area contributed by atoms with Crippen LogP contribution in [-0.2, 0) is 18.3 Å². The molecule has 0 aliphatic rings. The maximum atomic E-state index is 12.2. The number of phenols is 1. The van der Waals surface area contributed by atoms with Gasteiger partial charge in [0.15, 0.2) is 0 Å². The van der Waals surface area contributed by atoms with Crippen molar-refractivity contribution in [2.45, 2.75) is 12.8 Å².